The Labute approximate surface area is 208 Å². The molecule has 0 amide bonds. The van der Waals surface area contributed by atoms with Crippen molar-refractivity contribution in [1.29, 1.82) is 0 Å². The van der Waals surface area contributed by atoms with Crippen LogP contribution in [0.1, 0.15) is 71.7 Å². The summed E-state index contributed by atoms with van der Waals surface area (Å²) in [7, 11) is 0. The van der Waals surface area contributed by atoms with Gasteiger partial charge in [-0.3, -0.25) is 0 Å². The first-order chi connectivity index (χ1) is 17.0. The number of hydrogen-bond acceptors (Lipinski definition) is 11. The molecule has 0 spiro atoms. The molecule has 1 saturated heterocycles. The number of rotatable bonds is 11. The van der Waals surface area contributed by atoms with Gasteiger partial charge in [0.25, 0.3) is 0 Å². The Hall–Kier alpha value is -2.38. The standard InChI is InChI=1S/C22H34N10O2S/c1-5-7-10-23-19-16-20(25-21(24-19)35-11-6-2)32(31-28-16)14-12-13(8-9-15-26-29-30-27-15)17-18(14)34-22(3,4)33-17/h13-14,17-18H,5-12H2,1-4H3,(H,23,24,25)(H,26,27,29,30)/t13-,14+,17+,18-/m1/s1. The zero-order valence-electron chi connectivity index (χ0n) is 20.8. The summed E-state index contributed by atoms with van der Waals surface area (Å²) in [6.07, 6.45) is 5.49. The van der Waals surface area contributed by atoms with Crippen LogP contribution in [0.5, 0.6) is 0 Å². The molecule has 12 nitrogen and oxygen atoms in total. The Kier molecular flexibility index (Phi) is 7.17. The fourth-order valence-corrected chi connectivity index (χ4v) is 5.67. The fourth-order valence-electron chi connectivity index (χ4n) is 4.98. The number of H-pyrrole nitrogens is 1. The highest BCUT2D eigenvalue weighted by atomic mass is 32.2. The van der Waals surface area contributed by atoms with Gasteiger partial charge < -0.3 is 14.8 Å². The van der Waals surface area contributed by atoms with Crippen LogP contribution in [0.3, 0.4) is 0 Å². The third-order valence-corrected chi connectivity index (χ3v) is 7.61. The number of nitrogens with one attached hydrogen (secondary N) is 2. The second-order valence-electron chi connectivity index (χ2n) is 9.68. The maximum atomic E-state index is 6.41. The predicted octanol–water partition coefficient (Wildman–Crippen LogP) is 3.16. The molecule has 3 aromatic rings. The van der Waals surface area contributed by atoms with Gasteiger partial charge in [-0.15, -0.1) is 15.3 Å². The lowest BCUT2D eigenvalue weighted by Crippen LogP contribution is -2.28. The van der Waals surface area contributed by atoms with Crippen LogP contribution in [0.15, 0.2) is 5.16 Å². The van der Waals surface area contributed by atoms with E-state index in [0.717, 1.165) is 67.4 Å². The summed E-state index contributed by atoms with van der Waals surface area (Å²) >= 11 is 1.66. The maximum Gasteiger partial charge on any atom is 0.191 e. The minimum Gasteiger partial charge on any atom is -0.368 e. The summed E-state index contributed by atoms with van der Waals surface area (Å²) in [4.78, 5) is 9.65. The number of aromatic amines is 1. The van der Waals surface area contributed by atoms with Crippen molar-refractivity contribution in [1.82, 2.24) is 45.6 Å². The van der Waals surface area contributed by atoms with E-state index in [1.807, 2.05) is 18.5 Å². The summed E-state index contributed by atoms with van der Waals surface area (Å²) in [5, 5.41) is 27.7. The van der Waals surface area contributed by atoms with Crippen molar-refractivity contribution in [3.63, 3.8) is 0 Å². The molecular formula is C22H34N10O2S. The lowest BCUT2D eigenvalue weighted by atomic mass is 9.99. The van der Waals surface area contributed by atoms with Gasteiger partial charge in [-0.2, -0.15) is 5.21 Å². The molecule has 0 unspecified atom stereocenters. The molecule has 4 atom stereocenters. The van der Waals surface area contributed by atoms with Crippen LogP contribution in [0.2, 0.25) is 0 Å². The zero-order valence-corrected chi connectivity index (χ0v) is 21.6. The van der Waals surface area contributed by atoms with E-state index in [1.54, 1.807) is 11.8 Å². The van der Waals surface area contributed by atoms with E-state index in [4.69, 9.17) is 19.4 Å². The van der Waals surface area contributed by atoms with Crippen LogP contribution in [0, 0.1) is 5.92 Å². The minimum absolute atomic E-state index is 0.0375. The Morgan fingerprint density at radius 1 is 1.14 bits per heavy atom. The molecule has 0 aromatic carbocycles. The van der Waals surface area contributed by atoms with Gasteiger partial charge in [0.2, 0.25) is 0 Å². The van der Waals surface area contributed by atoms with Crippen LogP contribution in [0.25, 0.3) is 11.2 Å². The van der Waals surface area contributed by atoms with Crippen molar-refractivity contribution < 1.29 is 9.47 Å². The van der Waals surface area contributed by atoms with E-state index in [-0.39, 0.29) is 24.2 Å². The van der Waals surface area contributed by atoms with Crippen molar-refractivity contribution in [3.05, 3.63) is 5.82 Å². The summed E-state index contributed by atoms with van der Waals surface area (Å²) in [5.41, 5.74) is 1.44. The third-order valence-electron chi connectivity index (χ3n) is 6.56. The summed E-state index contributed by atoms with van der Waals surface area (Å²) in [5.74, 6) is 2.03. The minimum atomic E-state index is -0.654. The first kappa shape index (κ1) is 24.3. The van der Waals surface area contributed by atoms with Crippen molar-refractivity contribution in [2.45, 2.75) is 95.4 Å². The van der Waals surface area contributed by atoms with Crippen molar-refractivity contribution in [2.24, 2.45) is 5.92 Å². The van der Waals surface area contributed by atoms with Gasteiger partial charge in [-0.1, -0.05) is 42.5 Å². The number of aryl methyl sites for hydroxylation is 1. The Balaban J connectivity index is 1.46. The number of fused-ring (bicyclic) bond motifs is 2. The molecule has 4 heterocycles. The van der Waals surface area contributed by atoms with Gasteiger partial charge in [0, 0.05) is 18.7 Å². The molecular weight excluding hydrogens is 468 g/mol. The lowest BCUT2D eigenvalue weighted by Gasteiger charge is -2.23. The number of anilines is 1. The van der Waals surface area contributed by atoms with E-state index < -0.39 is 5.79 Å². The first-order valence-corrected chi connectivity index (χ1v) is 13.5. The number of nitrogens with zero attached hydrogens (tertiary/aromatic N) is 8. The Morgan fingerprint density at radius 2 is 2.00 bits per heavy atom. The van der Waals surface area contributed by atoms with Crippen LogP contribution in [0.4, 0.5) is 5.82 Å². The molecule has 0 radical (unpaired) electrons. The summed E-state index contributed by atoms with van der Waals surface area (Å²) < 4.78 is 14.7. The Bertz CT molecular complexity index is 1120. The van der Waals surface area contributed by atoms with E-state index in [9.17, 15) is 0 Å². The molecule has 2 aliphatic rings. The highest BCUT2D eigenvalue weighted by molar-refractivity contribution is 7.99. The molecule has 3 aromatic heterocycles. The maximum absolute atomic E-state index is 6.41. The molecule has 190 valence electrons. The number of ether oxygens (including phenoxy) is 2. The lowest BCUT2D eigenvalue weighted by molar-refractivity contribution is -0.160. The van der Waals surface area contributed by atoms with Crippen molar-refractivity contribution >= 4 is 28.7 Å². The highest BCUT2D eigenvalue weighted by Crippen LogP contribution is 2.48. The molecule has 0 bridgehead atoms. The Morgan fingerprint density at radius 3 is 2.77 bits per heavy atom. The molecule has 1 aliphatic carbocycles. The third kappa shape index (κ3) is 5.12. The van der Waals surface area contributed by atoms with Crippen molar-refractivity contribution in [3.8, 4) is 0 Å². The van der Waals surface area contributed by atoms with E-state index in [1.165, 1.54) is 0 Å². The van der Waals surface area contributed by atoms with Gasteiger partial charge in [-0.05, 0) is 45.4 Å². The molecule has 1 aliphatic heterocycles. The van der Waals surface area contributed by atoms with E-state index in [2.05, 4.69) is 50.1 Å². The predicted molar refractivity (Wildman–Crippen MR) is 131 cm³/mol. The number of unbranched alkanes of at least 4 members (excludes halogenated alkanes) is 1. The first-order valence-electron chi connectivity index (χ1n) is 12.6. The zero-order chi connectivity index (χ0) is 24.4. The second kappa shape index (κ2) is 10.3. The number of hydrogen-bond donors (Lipinski definition) is 2. The number of thioether (sulfide) groups is 1. The SMILES string of the molecule is CCCCNc1nc(SCCC)nc2c1nnn2[C@H]1C[C@@H](CCc2nn[nH]n2)[C@@H]2OC(C)(C)O[C@@H]21. The quantitative estimate of drug-likeness (QED) is 0.227. The van der Waals surface area contributed by atoms with Crippen LogP contribution < -0.4 is 5.32 Å². The van der Waals surface area contributed by atoms with Gasteiger partial charge >= 0.3 is 0 Å². The van der Waals surface area contributed by atoms with Crippen LogP contribution in [-0.2, 0) is 15.9 Å². The van der Waals surface area contributed by atoms with Crippen molar-refractivity contribution in [2.75, 3.05) is 17.6 Å². The van der Waals surface area contributed by atoms with E-state index >= 15 is 0 Å². The smallest absolute Gasteiger partial charge is 0.191 e. The molecule has 13 heteroatoms. The monoisotopic (exact) mass is 502 g/mol. The number of tetrazole rings is 1. The highest BCUT2D eigenvalue weighted by Gasteiger charge is 2.55. The van der Waals surface area contributed by atoms with E-state index in [0.29, 0.717) is 11.3 Å². The van der Waals surface area contributed by atoms with Crippen LogP contribution in [-0.4, -0.2) is 75.9 Å². The largest absolute Gasteiger partial charge is 0.368 e. The number of aromatic nitrogens is 9. The molecule has 1 saturated carbocycles. The van der Waals surface area contributed by atoms with Crippen LogP contribution >= 0.6 is 11.8 Å². The van der Waals surface area contributed by atoms with Gasteiger partial charge in [0.15, 0.2) is 33.7 Å². The summed E-state index contributed by atoms with van der Waals surface area (Å²) in [6.45, 7) is 9.10. The molecule has 35 heavy (non-hydrogen) atoms. The molecule has 2 N–H and O–H groups in total. The molecule has 2 fully saturated rings. The van der Waals surface area contributed by atoms with Gasteiger partial charge in [0.1, 0.15) is 6.10 Å². The fraction of sp³-hybridized carbons (Fsp3) is 0.773. The van der Waals surface area contributed by atoms with Gasteiger partial charge in [0.05, 0.1) is 12.1 Å². The average molecular weight is 503 g/mol. The molecule has 5 rings (SSSR count). The summed E-state index contributed by atoms with van der Waals surface area (Å²) in [6, 6.07) is -0.0375. The normalized spacial score (nSPS) is 25.4. The van der Waals surface area contributed by atoms with Gasteiger partial charge in [-0.25, -0.2) is 14.6 Å². The second-order valence-corrected chi connectivity index (χ2v) is 10.7. The topological polar surface area (TPSA) is 141 Å². The average Bonchev–Trinajstić information content (AvgIpc) is 3.60.